The standard InChI is InChI=1S/C18H12N2O2S/c19-11-13(18-20-14-3-1-2-4-17(14)23-18)9-12-5-6-15-16(10-12)22-8-7-21-15/h1-6,9-10H,7-8H2/b13-9-. The molecule has 0 saturated heterocycles. The molecule has 0 unspecified atom stereocenters. The summed E-state index contributed by atoms with van der Waals surface area (Å²) in [5.74, 6) is 1.46. The second-order valence-electron chi connectivity index (χ2n) is 5.06. The third-order valence-corrected chi connectivity index (χ3v) is 4.59. The summed E-state index contributed by atoms with van der Waals surface area (Å²) in [5.41, 5.74) is 2.35. The molecule has 1 aliphatic heterocycles. The van der Waals surface area contributed by atoms with Gasteiger partial charge in [0.15, 0.2) is 11.5 Å². The molecule has 0 N–H and O–H groups in total. The van der Waals surface area contributed by atoms with Crippen molar-refractivity contribution in [2.45, 2.75) is 0 Å². The van der Waals surface area contributed by atoms with Crippen LogP contribution in [0.1, 0.15) is 10.6 Å². The van der Waals surface area contributed by atoms with Crippen LogP contribution < -0.4 is 9.47 Å². The first kappa shape index (κ1) is 13.8. The molecule has 3 aromatic rings. The molecule has 0 saturated carbocycles. The third-order valence-electron chi connectivity index (χ3n) is 3.52. The summed E-state index contributed by atoms with van der Waals surface area (Å²) >= 11 is 1.52. The molecule has 4 rings (SSSR count). The zero-order valence-corrected chi connectivity index (χ0v) is 13.0. The van der Waals surface area contributed by atoms with Gasteiger partial charge in [-0.25, -0.2) is 4.98 Å². The maximum Gasteiger partial charge on any atom is 0.161 e. The lowest BCUT2D eigenvalue weighted by Gasteiger charge is -2.18. The van der Waals surface area contributed by atoms with E-state index in [0.717, 1.165) is 26.5 Å². The number of allylic oxidation sites excluding steroid dienone is 1. The fraction of sp³-hybridized carbons (Fsp3) is 0.111. The zero-order chi connectivity index (χ0) is 15.6. The Hall–Kier alpha value is -2.84. The number of nitriles is 1. The number of hydrogen-bond donors (Lipinski definition) is 0. The quantitative estimate of drug-likeness (QED) is 0.666. The van der Waals surface area contributed by atoms with Crippen molar-refractivity contribution in [3.8, 4) is 17.6 Å². The average molecular weight is 320 g/mol. The van der Waals surface area contributed by atoms with Gasteiger partial charge >= 0.3 is 0 Å². The summed E-state index contributed by atoms with van der Waals surface area (Å²) in [7, 11) is 0. The summed E-state index contributed by atoms with van der Waals surface area (Å²) in [6.45, 7) is 1.11. The number of nitrogens with zero attached hydrogens (tertiary/aromatic N) is 2. The lowest BCUT2D eigenvalue weighted by Crippen LogP contribution is -2.15. The van der Waals surface area contributed by atoms with Crippen molar-refractivity contribution in [2.75, 3.05) is 13.2 Å². The normalized spacial score (nSPS) is 13.8. The Balaban J connectivity index is 1.74. The Morgan fingerprint density at radius 3 is 2.78 bits per heavy atom. The maximum absolute atomic E-state index is 9.50. The largest absolute Gasteiger partial charge is 0.486 e. The van der Waals surface area contributed by atoms with Crippen LogP contribution in [-0.2, 0) is 0 Å². The van der Waals surface area contributed by atoms with Gasteiger partial charge in [0.05, 0.1) is 15.8 Å². The van der Waals surface area contributed by atoms with Crippen molar-refractivity contribution in [3.05, 3.63) is 53.0 Å². The van der Waals surface area contributed by atoms with E-state index in [2.05, 4.69) is 11.1 Å². The summed E-state index contributed by atoms with van der Waals surface area (Å²) in [6.07, 6.45) is 1.83. The van der Waals surface area contributed by atoms with E-state index in [-0.39, 0.29) is 0 Å². The fourth-order valence-corrected chi connectivity index (χ4v) is 3.38. The van der Waals surface area contributed by atoms with E-state index < -0.39 is 0 Å². The van der Waals surface area contributed by atoms with Crippen LogP contribution in [0.4, 0.5) is 0 Å². The van der Waals surface area contributed by atoms with Crippen molar-refractivity contribution in [2.24, 2.45) is 0 Å². The first-order chi connectivity index (χ1) is 11.3. The molecular formula is C18H12N2O2S. The smallest absolute Gasteiger partial charge is 0.161 e. The monoisotopic (exact) mass is 320 g/mol. The lowest BCUT2D eigenvalue weighted by molar-refractivity contribution is 0.171. The number of benzene rings is 2. The molecule has 5 heteroatoms. The van der Waals surface area contributed by atoms with Crippen LogP contribution in [0.5, 0.6) is 11.5 Å². The van der Waals surface area contributed by atoms with Gasteiger partial charge in [-0.05, 0) is 35.9 Å². The van der Waals surface area contributed by atoms with Gasteiger partial charge in [0.2, 0.25) is 0 Å². The minimum Gasteiger partial charge on any atom is -0.486 e. The topological polar surface area (TPSA) is 55.1 Å². The Bertz CT molecular complexity index is 920. The number of rotatable bonds is 2. The summed E-state index contributed by atoms with van der Waals surface area (Å²) in [5, 5.41) is 10.2. The molecule has 0 fully saturated rings. The Kier molecular flexibility index (Phi) is 3.45. The van der Waals surface area contributed by atoms with Crippen LogP contribution in [0.15, 0.2) is 42.5 Å². The third kappa shape index (κ3) is 2.65. The van der Waals surface area contributed by atoms with Crippen LogP contribution in [0.25, 0.3) is 21.9 Å². The Morgan fingerprint density at radius 2 is 1.96 bits per heavy atom. The summed E-state index contributed by atoms with van der Waals surface area (Å²) in [6, 6.07) is 15.8. The molecule has 1 aliphatic rings. The van der Waals surface area contributed by atoms with Crippen LogP contribution in [0.2, 0.25) is 0 Å². The fourth-order valence-electron chi connectivity index (χ4n) is 2.45. The van der Waals surface area contributed by atoms with E-state index in [1.807, 2.05) is 48.5 Å². The maximum atomic E-state index is 9.50. The number of fused-ring (bicyclic) bond motifs is 2. The molecule has 0 radical (unpaired) electrons. The second kappa shape index (κ2) is 5.75. The number of aromatic nitrogens is 1. The molecule has 2 heterocycles. The van der Waals surface area contributed by atoms with Crippen LogP contribution in [0.3, 0.4) is 0 Å². The minimum atomic E-state index is 0.544. The van der Waals surface area contributed by atoms with Gasteiger partial charge in [-0.3, -0.25) is 0 Å². The van der Waals surface area contributed by atoms with Gasteiger partial charge in [-0.2, -0.15) is 5.26 Å². The number of thiazole rings is 1. The minimum absolute atomic E-state index is 0.544. The summed E-state index contributed by atoms with van der Waals surface area (Å²) < 4.78 is 12.2. The van der Waals surface area contributed by atoms with Crippen molar-refractivity contribution < 1.29 is 9.47 Å². The predicted molar refractivity (Wildman–Crippen MR) is 90.5 cm³/mol. The number of para-hydroxylation sites is 1. The van der Waals surface area contributed by atoms with Crippen LogP contribution in [-0.4, -0.2) is 18.2 Å². The highest BCUT2D eigenvalue weighted by atomic mass is 32.1. The van der Waals surface area contributed by atoms with Crippen molar-refractivity contribution in [3.63, 3.8) is 0 Å². The van der Waals surface area contributed by atoms with Crippen LogP contribution in [0, 0.1) is 11.3 Å². The molecule has 4 nitrogen and oxygen atoms in total. The number of ether oxygens (including phenoxy) is 2. The summed E-state index contributed by atoms with van der Waals surface area (Å²) in [4.78, 5) is 4.54. The highest BCUT2D eigenvalue weighted by Gasteiger charge is 2.13. The lowest BCUT2D eigenvalue weighted by atomic mass is 10.1. The van der Waals surface area contributed by atoms with E-state index in [1.165, 1.54) is 11.3 Å². The van der Waals surface area contributed by atoms with Crippen molar-refractivity contribution in [1.82, 2.24) is 4.98 Å². The average Bonchev–Trinajstić information content (AvgIpc) is 3.03. The molecule has 0 bridgehead atoms. The highest BCUT2D eigenvalue weighted by molar-refractivity contribution is 7.19. The second-order valence-corrected chi connectivity index (χ2v) is 6.09. The molecule has 1 aromatic heterocycles. The Morgan fingerprint density at radius 1 is 1.13 bits per heavy atom. The molecule has 2 aromatic carbocycles. The first-order valence-electron chi connectivity index (χ1n) is 7.21. The van der Waals surface area contributed by atoms with E-state index in [0.29, 0.717) is 24.5 Å². The predicted octanol–water partition coefficient (Wildman–Crippen LogP) is 4.13. The van der Waals surface area contributed by atoms with E-state index >= 15 is 0 Å². The van der Waals surface area contributed by atoms with Gasteiger partial charge in [0, 0.05) is 0 Å². The Labute approximate surface area is 137 Å². The zero-order valence-electron chi connectivity index (χ0n) is 12.2. The molecule has 112 valence electrons. The molecule has 23 heavy (non-hydrogen) atoms. The SMILES string of the molecule is N#C/C(=C/c1ccc2c(c1)OCCO2)c1nc2ccccc2s1. The van der Waals surface area contributed by atoms with Gasteiger partial charge in [0.1, 0.15) is 24.3 Å². The van der Waals surface area contributed by atoms with E-state index in [9.17, 15) is 5.26 Å². The van der Waals surface area contributed by atoms with Gasteiger partial charge < -0.3 is 9.47 Å². The van der Waals surface area contributed by atoms with Crippen molar-refractivity contribution >= 4 is 33.2 Å². The van der Waals surface area contributed by atoms with Gasteiger partial charge in [-0.1, -0.05) is 18.2 Å². The van der Waals surface area contributed by atoms with Gasteiger partial charge in [0.25, 0.3) is 0 Å². The molecule has 0 amide bonds. The molecule has 0 atom stereocenters. The van der Waals surface area contributed by atoms with Crippen LogP contribution >= 0.6 is 11.3 Å². The first-order valence-corrected chi connectivity index (χ1v) is 8.02. The van der Waals surface area contributed by atoms with Gasteiger partial charge in [-0.15, -0.1) is 11.3 Å². The highest BCUT2D eigenvalue weighted by Crippen LogP contribution is 2.33. The van der Waals surface area contributed by atoms with E-state index in [4.69, 9.17) is 9.47 Å². The molecule has 0 aliphatic carbocycles. The number of hydrogen-bond acceptors (Lipinski definition) is 5. The van der Waals surface area contributed by atoms with E-state index in [1.54, 1.807) is 0 Å². The van der Waals surface area contributed by atoms with Crippen molar-refractivity contribution in [1.29, 1.82) is 5.26 Å². The molecular weight excluding hydrogens is 308 g/mol. The molecule has 0 spiro atoms.